The topological polar surface area (TPSA) is 69.0 Å². The van der Waals surface area contributed by atoms with Crippen molar-refractivity contribution in [1.29, 1.82) is 0 Å². The van der Waals surface area contributed by atoms with Crippen molar-refractivity contribution in [3.8, 4) is 11.4 Å². The second-order valence-electron chi connectivity index (χ2n) is 5.56. The number of nitrogens with one attached hydrogen (secondary N) is 1. The van der Waals surface area contributed by atoms with Crippen LogP contribution in [0.15, 0.2) is 59.6 Å². The van der Waals surface area contributed by atoms with Crippen molar-refractivity contribution in [3.05, 3.63) is 71.0 Å². The van der Waals surface area contributed by atoms with Crippen molar-refractivity contribution >= 4 is 21.8 Å². The fraction of sp³-hybridized carbons (Fsp3) is 0.167. The number of rotatable bonds is 6. The number of amides is 1. The molecule has 0 fully saturated rings. The number of hydrogen-bond acceptors (Lipinski definition) is 4. The van der Waals surface area contributed by atoms with Crippen molar-refractivity contribution in [2.45, 2.75) is 19.6 Å². The molecule has 6 nitrogen and oxygen atoms in total. The summed E-state index contributed by atoms with van der Waals surface area (Å²) in [5.74, 6) is -0.233. The molecule has 1 heterocycles. The second-order valence-corrected chi connectivity index (χ2v) is 6.41. The Hall–Kier alpha value is -2.74. The quantitative estimate of drug-likeness (QED) is 0.666. The zero-order valence-electron chi connectivity index (χ0n) is 13.9. The molecule has 0 spiro atoms. The predicted octanol–water partition coefficient (Wildman–Crippen LogP) is 3.25. The summed E-state index contributed by atoms with van der Waals surface area (Å²) in [5, 5.41) is 6.87. The lowest BCUT2D eigenvalue weighted by atomic mass is 10.2. The zero-order chi connectivity index (χ0) is 18.5. The van der Waals surface area contributed by atoms with Gasteiger partial charge in [-0.2, -0.15) is 5.10 Å². The third kappa shape index (κ3) is 4.45. The van der Waals surface area contributed by atoms with E-state index in [1.54, 1.807) is 17.9 Å². The number of aromatic nitrogens is 3. The Kier molecular flexibility index (Phi) is 5.62. The van der Waals surface area contributed by atoms with E-state index >= 15 is 0 Å². The summed E-state index contributed by atoms with van der Waals surface area (Å²) in [6.45, 7) is 2.01. The van der Waals surface area contributed by atoms with E-state index in [0.29, 0.717) is 16.8 Å². The maximum absolute atomic E-state index is 13.1. The third-order valence-corrected chi connectivity index (χ3v) is 4.27. The molecule has 0 aliphatic heterocycles. The van der Waals surface area contributed by atoms with E-state index < -0.39 is 6.10 Å². The van der Waals surface area contributed by atoms with Crippen LogP contribution in [0, 0.1) is 5.82 Å². The molecule has 2 aromatic carbocycles. The molecular formula is C18H16BrFN4O2. The fourth-order valence-corrected chi connectivity index (χ4v) is 2.70. The summed E-state index contributed by atoms with van der Waals surface area (Å²) in [4.78, 5) is 16.1. The van der Waals surface area contributed by atoms with E-state index in [1.807, 2.05) is 24.3 Å². The van der Waals surface area contributed by atoms with Crippen LogP contribution in [-0.4, -0.2) is 26.8 Å². The minimum Gasteiger partial charge on any atom is -0.480 e. The van der Waals surface area contributed by atoms with Gasteiger partial charge in [0.2, 0.25) is 0 Å². The number of carbonyl (C=O) groups excluding carboxylic acids is 1. The lowest BCUT2D eigenvalue weighted by Crippen LogP contribution is -2.35. The normalized spacial score (nSPS) is 11.8. The molecule has 1 N–H and O–H groups in total. The minimum absolute atomic E-state index is 0.262. The standard InChI is InChI=1S/C18H16BrFN4O2/c1-12(26-17-7-4-14(20)8-16(17)19)18(25)22-9-13-2-5-15(6-3-13)24-11-21-10-23-24/h2-8,10-12H,9H2,1H3,(H,22,25). The van der Waals surface area contributed by atoms with E-state index in [1.165, 1.54) is 24.5 Å². The van der Waals surface area contributed by atoms with Gasteiger partial charge >= 0.3 is 0 Å². The van der Waals surface area contributed by atoms with Gasteiger partial charge in [-0.25, -0.2) is 14.1 Å². The highest BCUT2D eigenvalue weighted by Gasteiger charge is 2.16. The summed E-state index contributed by atoms with van der Waals surface area (Å²) < 4.78 is 20.8. The summed E-state index contributed by atoms with van der Waals surface area (Å²) in [5.41, 5.74) is 1.83. The van der Waals surface area contributed by atoms with E-state index in [2.05, 4.69) is 31.3 Å². The largest absolute Gasteiger partial charge is 0.480 e. The molecule has 0 aliphatic rings. The van der Waals surface area contributed by atoms with E-state index in [0.717, 1.165) is 11.3 Å². The van der Waals surface area contributed by atoms with Crippen molar-refractivity contribution in [1.82, 2.24) is 20.1 Å². The van der Waals surface area contributed by atoms with Crippen LogP contribution in [0.5, 0.6) is 5.75 Å². The number of halogens is 2. The van der Waals surface area contributed by atoms with Gasteiger partial charge in [-0.3, -0.25) is 4.79 Å². The Bertz CT molecular complexity index is 885. The monoisotopic (exact) mass is 418 g/mol. The summed E-state index contributed by atoms with van der Waals surface area (Å²) >= 11 is 3.22. The summed E-state index contributed by atoms with van der Waals surface area (Å²) in [6, 6.07) is 11.6. The minimum atomic E-state index is -0.716. The molecule has 1 unspecified atom stereocenters. The molecule has 1 aromatic heterocycles. The lowest BCUT2D eigenvalue weighted by Gasteiger charge is -2.16. The van der Waals surface area contributed by atoms with Crippen LogP contribution in [0.1, 0.15) is 12.5 Å². The second kappa shape index (κ2) is 8.09. The SMILES string of the molecule is CC(Oc1ccc(F)cc1Br)C(=O)NCc1ccc(-n2cncn2)cc1. The highest BCUT2D eigenvalue weighted by Crippen LogP contribution is 2.26. The molecule has 0 bridgehead atoms. The van der Waals surface area contributed by atoms with Gasteiger partial charge in [0.1, 0.15) is 24.2 Å². The smallest absolute Gasteiger partial charge is 0.261 e. The molecule has 0 radical (unpaired) electrons. The first-order chi connectivity index (χ1) is 12.5. The van der Waals surface area contributed by atoms with Crippen LogP contribution in [0.2, 0.25) is 0 Å². The van der Waals surface area contributed by atoms with Crippen LogP contribution in [0.25, 0.3) is 5.69 Å². The molecular weight excluding hydrogens is 403 g/mol. The first-order valence-electron chi connectivity index (χ1n) is 7.86. The molecule has 1 amide bonds. The lowest BCUT2D eigenvalue weighted by molar-refractivity contribution is -0.127. The molecule has 3 aromatic rings. The van der Waals surface area contributed by atoms with Crippen LogP contribution in [0.4, 0.5) is 4.39 Å². The van der Waals surface area contributed by atoms with Gasteiger partial charge in [0.25, 0.3) is 5.91 Å². The molecule has 3 rings (SSSR count). The number of hydrogen-bond donors (Lipinski definition) is 1. The molecule has 0 aliphatic carbocycles. The van der Waals surface area contributed by atoms with E-state index in [4.69, 9.17) is 4.74 Å². The van der Waals surface area contributed by atoms with E-state index in [9.17, 15) is 9.18 Å². The van der Waals surface area contributed by atoms with Crippen LogP contribution in [0.3, 0.4) is 0 Å². The zero-order valence-corrected chi connectivity index (χ0v) is 15.5. The van der Waals surface area contributed by atoms with Gasteiger partial charge in [0.15, 0.2) is 6.10 Å². The van der Waals surface area contributed by atoms with Crippen LogP contribution in [-0.2, 0) is 11.3 Å². The van der Waals surface area contributed by atoms with E-state index in [-0.39, 0.29) is 11.7 Å². The average Bonchev–Trinajstić information content (AvgIpc) is 3.17. The molecule has 0 saturated carbocycles. The molecule has 26 heavy (non-hydrogen) atoms. The Morgan fingerprint density at radius 2 is 2.08 bits per heavy atom. The molecule has 0 saturated heterocycles. The Balaban J connectivity index is 1.54. The maximum Gasteiger partial charge on any atom is 0.261 e. The first kappa shape index (κ1) is 18.1. The number of carbonyl (C=O) groups is 1. The van der Waals surface area contributed by atoms with Crippen molar-refractivity contribution < 1.29 is 13.9 Å². The first-order valence-corrected chi connectivity index (χ1v) is 8.65. The van der Waals surface area contributed by atoms with Gasteiger partial charge < -0.3 is 10.1 Å². The Labute approximate surface area is 158 Å². The Morgan fingerprint density at radius 1 is 1.31 bits per heavy atom. The average molecular weight is 419 g/mol. The predicted molar refractivity (Wildman–Crippen MR) is 97.4 cm³/mol. The fourth-order valence-electron chi connectivity index (χ4n) is 2.26. The molecule has 134 valence electrons. The van der Waals surface area contributed by atoms with Gasteiger partial charge in [-0.1, -0.05) is 12.1 Å². The van der Waals surface area contributed by atoms with Crippen LogP contribution >= 0.6 is 15.9 Å². The van der Waals surface area contributed by atoms with Gasteiger partial charge in [-0.15, -0.1) is 0 Å². The van der Waals surface area contributed by atoms with Gasteiger partial charge in [0, 0.05) is 6.54 Å². The van der Waals surface area contributed by atoms with Crippen molar-refractivity contribution in [3.63, 3.8) is 0 Å². The van der Waals surface area contributed by atoms with Crippen molar-refractivity contribution in [2.75, 3.05) is 0 Å². The summed E-state index contributed by atoms with van der Waals surface area (Å²) in [7, 11) is 0. The highest BCUT2D eigenvalue weighted by atomic mass is 79.9. The number of benzene rings is 2. The molecule has 8 heteroatoms. The number of nitrogens with zero attached hydrogens (tertiary/aromatic N) is 3. The Morgan fingerprint density at radius 3 is 2.73 bits per heavy atom. The summed E-state index contributed by atoms with van der Waals surface area (Å²) in [6.07, 6.45) is 2.37. The maximum atomic E-state index is 13.1. The van der Waals surface area contributed by atoms with Crippen LogP contribution < -0.4 is 10.1 Å². The molecule has 1 atom stereocenters. The highest BCUT2D eigenvalue weighted by molar-refractivity contribution is 9.10. The van der Waals surface area contributed by atoms with Gasteiger partial charge in [-0.05, 0) is 58.7 Å². The van der Waals surface area contributed by atoms with Crippen molar-refractivity contribution in [2.24, 2.45) is 0 Å². The number of ether oxygens (including phenoxy) is 1. The third-order valence-electron chi connectivity index (χ3n) is 3.65. The van der Waals surface area contributed by atoms with Gasteiger partial charge in [0.05, 0.1) is 10.2 Å².